The molecule has 0 saturated carbocycles. The van der Waals surface area contributed by atoms with Gasteiger partial charge in [-0.1, -0.05) is 223 Å². The summed E-state index contributed by atoms with van der Waals surface area (Å²) in [7, 11) is 5.42. The molecule has 0 fully saturated rings. The van der Waals surface area contributed by atoms with Gasteiger partial charge in [-0.05, 0) is 51.4 Å². The molecule has 378 valence electrons. The summed E-state index contributed by atoms with van der Waals surface area (Å²) >= 11 is 0. The van der Waals surface area contributed by atoms with E-state index in [4.69, 9.17) is 14.2 Å². The van der Waals surface area contributed by atoms with Gasteiger partial charge in [0.05, 0.1) is 40.3 Å². The van der Waals surface area contributed by atoms with E-state index < -0.39 is 18.1 Å². The number of esters is 2. The third-order valence-electron chi connectivity index (χ3n) is 12.2. The van der Waals surface area contributed by atoms with Crippen LogP contribution in [0.25, 0.3) is 0 Å². The Morgan fingerprint density at radius 1 is 0.477 bits per heavy atom. The predicted octanol–water partition coefficient (Wildman–Crippen LogP) is 14.6. The van der Waals surface area contributed by atoms with Gasteiger partial charge in [0.15, 0.2) is 6.10 Å². The monoisotopic (exact) mass is 914 g/mol. The Morgan fingerprint density at radius 3 is 1.28 bits per heavy atom. The zero-order valence-electron chi connectivity index (χ0n) is 43.2. The van der Waals surface area contributed by atoms with Crippen LogP contribution in [0.3, 0.4) is 0 Å². The number of unbranched alkanes of at least 4 members (excludes halogenated alkanes) is 27. The van der Waals surface area contributed by atoms with Gasteiger partial charge in [-0.2, -0.15) is 0 Å². The van der Waals surface area contributed by atoms with Crippen LogP contribution in [0.4, 0.5) is 0 Å². The molecule has 0 aliphatic heterocycles. The van der Waals surface area contributed by atoms with Crippen LogP contribution in [0, 0.1) is 0 Å². The number of carbonyl (C=O) groups is 3. The van der Waals surface area contributed by atoms with E-state index in [0.29, 0.717) is 12.8 Å². The second-order valence-electron chi connectivity index (χ2n) is 19.4. The molecule has 0 aromatic rings. The Labute approximate surface area is 401 Å². The lowest BCUT2D eigenvalue weighted by atomic mass is 10.0. The molecule has 0 aromatic heterocycles. The molecule has 0 rings (SSSR count). The van der Waals surface area contributed by atoms with Crippen molar-refractivity contribution in [2.24, 2.45) is 0 Å². The molecule has 0 aliphatic carbocycles. The van der Waals surface area contributed by atoms with E-state index in [1.165, 1.54) is 141 Å². The number of nitrogens with zero attached hydrogens (tertiary/aromatic N) is 1. The molecule has 2 unspecified atom stereocenters. The number of carbonyl (C=O) groups excluding carboxylic acids is 3. The van der Waals surface area contributed by atoms with Crippen LogP contribution in [-0.2, 0) is 28.6 Å². The van der Waals surface area contributed by atoms with E-state index in [1.54, 1.807) is 0 Å². The van der Waals surface area contributed by atoms with Crippen molar-refractivity contribution in [3.63, 3.8) is 0 Å². The molecule has 65 heavy (non-hydrogen) atoms. The van der Waals surface area contributed by atoms with E-state index in [1.807, 2.05) is 21.1 Å². The quantitative estimate of drug-likeness (QED) is 0.0259. The third-order valence-corrected chi connectivity index (χ3v) is 12.2. The predicted molar refractivity (Wildman–Crippen MR) is 273 cm³/mol. The number of allylic oxidation sites excluding steroid dienone is 8. The summed E-state index contributed by atoms with van der Waals surface area (Å²) in [6.07, 6.45) is 58.6. The Morgan fingerprint density at radius 2 is 0.862 bits per heavy atom. The van der Waals surface area contributed by atoms with Crippen molar-refractivity contribution in [2.75, 3.05) is 41.0 Å². The Bertz CT molecular complexity index is 1200. The highest BCUT2D eigenvalue weighted by Crippen LogP contribution is 2.16. The standard InChI is InChI=1S/C57H103NO7/c1-6-8-10-12-14-16-18-20-22-24-26-27-28-30-32-34-36-38-40-42-44-46-48-56(60)65-53(51-63-50-49-54(57(61)62)58(3,4)5)52-64-55(59)47-45-43-41-39-37-35-33-31-29-25-23-21-19-17-15-13-11-9-7-2/h8,10,14,16,20,22,26-27,53-54H,6-7,9,11-13,15,17-19,21,23-25,28-52H2,1-5H3/b10-8+,16-14+,22-20+,27-26+. The van der Waals surface area contributed by atoms with Crippen molar-refractivity contribution in [2.45, 2.75) is 257 Å². The van der Waals surface area contributed by atoms with Crippen LogP contribution in [-0.4, -0.2) is 75.5 Å². The molecule has 0 N–H and O–H groups in total. The number of aliphatic carboxylic acids is 1. The molecule has 0 amide bonds. The number of carboxylic acids is 1. The number of hydrogen-bond acceptors (Lipinski definition) is 7. The van der Waals surface area contributed by atoms with Gasteiger partial charge in [0, 0.05) is 19.3 Å². The van der Waals surface area contributed by atoms with E-state index in [9.17, 15) is 19.5 Å². The number of quaternary nitrogens is 1. The molecule has 0 aliphatic rings. The maximum Gasteiger partial charge on any atom is 0.306 e. The van der Waals surface area contributed by atoms with E-state index in [2.05, 4.69) is 62.5 Å². The second kappa shape index (κ2) is 47.8. The van der Waals surface area contributed by atoms with Gasteiger partial charge in [-0.3, -0.25) is 9.59 Å². The van der Waals surface area contributed by atoms with Gasteiger partial charge < -0.3 is 28.6 Å². The summed E-state index contributed by atoms with van der Waals surface area (Å²) in [6.45, 7) is 4.58. The van der Waals surface area contributed by atoms with Crippen molar-refractivity contribution in [3.05, 3.63) is 48.6 Å². The fourth-order valence-corrected chi connectivity index (χ4v) is 8.06. The average Bonchev–Trinajstić information content (AvgIpc) is 3.27. The van der Waals surface area contributed by atoms with E-state index in [0.717, 1.165) is 70.6 Å². The first-order chi connectivity index (χ1) is 31.6. The lowest BCUT2D eigenvalue weighted by Crippen LogP contribution is -2.55. The first-order valence-electron chi connectivity index (χ1n) is 27.2. The van der Waals surface area contributed by atoms with E-state index >= 15 is 0 Å². The summed E-state index contributed by atoms with van der Waals surface area (Å²) in [5.41, 5.74) is 0. The van der Waals surface area contributed by atoms with Gasteiger partial charge in [0.2, 0.25) is 0 Å². The molecule has 0 aromatic carbocycles. The summed E-state index contributed by atoms with van der Waals surface area (Å²) in [5.74, 6) is -1.73. The van der Waals surface area contributed by atoms with Gasteiger partial charge in [0.25, 0.3) is 0 Å². The normalized spacial score (nSPS) is 13.2. The number of rotatable bonds is 49. The summed E-state index contributed by atoms with van der Waals surface area (Å²) in [6, 6.07) is -0.727. The van der Waals surface area contributed by atoms with Gasteiger partial charge in [0.1, 0.15) is 12.6 Å². The largest absolute Gasteiger partial charge is 0.544 e. The molecule has 0 saturated heterocycles. The summed E-state index contributed by atoms with van der Waals surface area (Å²) < 4.78 is 17.3. The molecular weight excluding hydrogens is 811 g/mol. The molecule has 0 bridgehead atoms. The van der Waals surface area contributed by atoms with Crippen molar-refractivity contribution in [1.29, 1.82) is 0 Å². The highest BCUT2D eigenvalue weighted by molar-refractivity contribution is 5.70. The highest BCUT2D eigenvalue weighted by atomic mass is 16.6. The van der Waals surface area contributed by atoms with Crippen molar-refractivity contribution in [3.8, 4) is 0 Å². The molecular formula is C57H103NO7. The number of ether oxygens (including phenoxy) is 3. The highest BCUT2D eigenvalue weighted by Gasteiger charge is 2.25. The zero-order chi connectivity index (χ0) is 47.7. The van der Waals surface area contributed by atoms with Crippen molar-refractivity contribution < 1.29 is 38.2 Å². The van der Waals surface area contributed by atoms with Crippen LogP contribution in [0.1, 0.15) is 245 Å². The van der Waals surface area contributed by atoms with Crippen LogP contribution in [0.15, 0.2) is 48.6 Å². The first kappa shape index (κ1) is 62.3. The van der Waals surface area contributed by atoms with Gasteiger partial charge in [-0.15, -0.1) is 0 Å². The minimum absolute atomic E-state index is 0.0403. The minimum Gasteiger partial charge on any atom is -0.544 e. The molecule has 8 heteroatoms. The van der Waals surface area contributed by atoms with Crippen molar-refractivity contribution >= 4 is 17.9 Å². The number of likely N-dealkylation sites (N-methyl/N-ethyl adjacent to an activating group) is 1. The first-order valence-corrected chi connectivity index (χ1v) is 27.2. The number of hydrogen-bond donors (Lipinski definition) is 0. The topological polar surface area (TPSA) is 102 Å². The smallest absolute Gasteiger partial charge is 0.306 e. The molecule has 0 spiro atoms. The molecule has 0 heterocycles. The van der Waals surface area contributed by atoms with Crippen molar-refractivity contribution in [1.82, 2.24) is 0 Å². The van der Waals surface area contributed by atoms with Crippen LogP contribution >= 0.6 is 0 Å². The maximum absolute atomic E-state index is 12.8. The average molecular weight is 914 g/mol. The SMILES string of the molecule is CC/C=C/C/C=C/C/C=C/C/C=C/CCCCCCCCCCCC(=O)OC(COCCC(C(=O)[O-])[N+](C)(C)C)COC(=O)CCCCCCCCCCCCCCCCCCCCC. The Balaban J connectivity index is 4.20. The van der Waals surface area contributed by atoms with Crippen LogP contribution < -0.4 is 5.11 Å². The number of carboxylic acid groups (broad SMARTS) is 1. The third kappa shape index (κ3) is 46.2. The fraction of sp³-hybridized carbons (Fsp3) is 0.807. The van der Waals surface area contributed by atoms with Gasteiger partial charge >= 0.3 is 11.9 Å². The minimum atomic E-state index is -1.12. The summed E-state index contributed by atoms with van der Waals surface area (Å²) in [4.78, 5) is 37.1. The van der Waals surface area contributed by atoms with Crippen LogP contribution in [0.5, 0.6) is 0 Å². The zero-order valence-corrected chi connectivity index (χ0v) is 43.2. The molecule has 2 atom stereocenters. The summed E-state index contributed by atoms with van der Waals surface area (Å²) in [5, 5.41) is 11.7. The lowest BCUT2D eigenvalue weighted by molar-refractivity contribution is -0.889. The lowest BCUT2D eigenvalue weighted by Gasteiger charge is -2.34. The van der Waals surface area contributed by atoms with Crippen LogP contribution in [0.2, 0.25) is 0 Å². The Kier molecular flexibility index (Phi) is 45.8. The van der Waals surface area contributed by atoms with E-state index in [-0.39, 0.29) is 42.7 Å². The maximum atomic E-state index is 12.8. The fourth-order valence-electron chi connectivity index (χ4n) is 8.06. The Hall–Kier alpha value is -2.71. The second-order valence-corrected chi connectivity index (χ2v) is 19.4. The molecule has 8 nitrogen and oxygen atoms in total. The molecule has 0 radical (unpaired) electrons. The van der Waals surface area contributed by atoms with Gasteiger partial charge in [-0.25, -0.2) is 0 Å².